The van der Waals surface area contributed by atoms with Crippen LogP contribution >= 0.6 is 0 Å². The van der Waals surface area contributed by atoms with E-state index in [2.05, 4.69) is 53.8 Å². The van der Waals surface area contributed by atoms with Gasteiger partial charge in [0, 0.05) is 31.2 Å². The highest BCUT2D eigenvalue weighted by Gasteiger charge is 2.11. The molecule has 2 aromatic heterocycles. The molecule has 5 nitrogen and oxygen atoms in total. The standard InChI is InChI=1S/C18H23N5/c1-3-22-14-16(13-21-22)9-11-19-15(2)17-7-4-5-8-18(17)23-12-6-10-20-23/h4-8,10,12-15,19H,3,9,11H2,1-2H3. The molecule has 0 saturated heterocycles. The Balaban J connectivity index is 1.63. The van der Waals surface area contributed by atoms with Gasteiger partial charge < -0.3 is 5.32 Å². The lowest BCUT2D eigenvalue weighted by atomic mass is 10.1. The molecule has 0 aliphatic carbocycles. The van der Waals surface area contributed by atoms with Crippen LogP contribution in [-0.2, 0) is 13.0 Å². The molecule has 0 bridgehead atoms. The zero-order chi connectivity index (χ0) is 16.1. The summed E-state index contributed by atoms with van der Waals surface area (Å²) < 4.78 is 3.88. The van der Waals surface area contributed by atoms with E-state index in [9.17, 15) is 0 Å². The van der Waals surface area contributed by atoms with Crippen LogP contribution in [0.25, 0.3) is 5.69 Å². The Bertz CT molecular complexity index is 729. The van der Waals surface area contributed by atoms with E-state index >= 15 is 0 Å². The Hall–Kier alpha value is -2.40. The van der Waals surface area contributed by atoms with Crippen LogP contribution in [0.1, 0.15) is 31.0 Å². The summed E-state index contributed by atoms with van der Waals surface area (Å²) >= 11 is 0. The molecule has 5 heteroatoms. The van der Waals surface area contributed by atoms with Crippen molar-refractivity contribution >= 4 is 0 Å². The molecule has 1 unspecified atom stereocenters. The topological polar surface area (TPSA) is 47.7 Å². The zero-order valence-electron chi connectivity index (χ0n) is 13.7. The van der Waals surface area contributed by atoms with Gasteiger partial charge in [-0.15, -0.1) is 0 Å². The maximum Gasteiger partial charge on any atom is 0.0693 e. The minimum absolute atomic E-state index is 0.261. The first-order valence-electron chi connectivity index (χ1n) is 8.11. The van der Waals surface area contributed by atoms with Crippen molar-refractivity contribution in [3.05, 3.63) is 66.2 Å². The van der Waals surface area contributed by atoms with Crippen LogP contribution in [0.3, 0.4) is 0 Å². The SMILES string of the molecule is CCn1cc(CCNC(C)c2ccccc2-n2cccn2)cn1. The van der Waals surface area contributed by atoms with Crippen LogP contribution in [0.4, 0.5) is 0 Å². The van der Waals surface area contributed by atoms with Gasteiger partial charge in [-0.1, -0.05) is 18.2 Å². The molecular formula is C18H23N5. The summed E-state index contributed by atoms with van der Waals surface area (Å²) in [5.74, 6) is 0. The largest absolute Gasteiger partial charge is 0.310 e. The van der Waals surface area contributed by atoms with Crippen LogP contribution in [0.2, 0.25) is 0 Å². The van der Waals surface area contributed by atoms with Crippen molar-refractivity contribution in [1.82, 2.24) is 24.9 Å². The summed E-state index contributed by atoms with van der Waals surface area (Å²) in [5.41, 5.74) is 3.64. The van der Waals surface area contributed by atoms with Crippen molar-refractivity contribution in [3.63, 3.8) is 0 Å². The molecule has 1 N–H and O–H groups in total. The monoisotopic (exact) mass is 309 g/mol. The minimum Gasteiger partial charge on any atom is -0.310 e. The average Bonchev–Trinajstić information content (AvgIpc) is 3.26. The van der Waals surface area contributed by atoms with E-state index in [-0.39, 0.29) is 6.04 Å². The molecule has 0 spiro atoms. The Morgan fingerprint density at radius 3 is 2.78 bits per heavy atom. The van der Waals surface area contributed by atoms with Crippen LogP contribution < -0.4 is 5.32 Å². The molecule has 0 fully saturated rings. The fourth-order valence-electron chi connectivity index (χ4n) is 2.73. The van der Waals surface area contributed by atoms with Gasteiger partial charge in [-0.3, -0.25) is 4.68 Å². The summed E-state index contributed by atoms with van der Waals surface area (Å²) in [5, 5.41) is 12.3. The van der Waals surface area contributed by atoms with E-state index in [1.807, 2.05) is 33.9 Å². The fraction of sp³-hybridized carbons (Fsp3) is 0.333. The second kappa shape index (κ2) is 7.24. The molecule has 1 aromatic carbocycles. The molecule has 3 rings (SSSR count). The maximum atomic E-state index is 4.35. The van der Waals surface area contributed by atoms with Crippen molar-refractivity contribution in [2.24, 2.45) is 0 Å². The molecule has 2 heterocycles. The molecule has 120 valence electrons. The quantitative estimate of drug-likeness (QED) is 0.730. The van der Waals surface area contributed by atoms with Gasteiger partial charge in [-0.05, 0) is 50.1 Å². The van der Waals surface area contributed by atoms with Gasteiger partial charge >= 0.3 is 0 Å². The van der Waals surface area contributed by atoms with Gasteiger partial charge in [0.05, 0.1) is 11.9 Å². The minimum atomic E-state index is 0.261. The predicted octanol–water partition coefficient (Wildman–Crippen LogP) is 2.98. The van der Waals surface area contributed by atoms with Crippen molar-refractivity contribution in [3.8, 4) is 5.69 Å². The van der Waals surface area contributed by atoms with Crippen LogP contribution in [0, 0.1) is 0 Å². The highest BCUT2D eigenvalue weighted by atomic mass is 15.3. The first-order valence-corrected chi connectivity index (χ1v) is 8.11. The number of nitrogens with one attached hydrogen (secondary N) is 1. The smallest absolute Gasteiger partial charge is 0.0693 e. The normalized spacial score (nSPS) is 12.4. The van der Waals surface area contributed by atoms with Gasteiger partial charge in [0.1, 0.15) is 0 Å². The Labute approximate surface area is 136 Å². The number of rotatable bonds is 7. The molecule has 0 aliphatic rings. The third-order valence-corrected chi connectivity index (χ3v) is 4.03. The highest BCUT2D eigenvalue weighted by molar-refractivity contribution is 5.42. The molecular weight excluding hydrogens is 286 g/mol. The first-order chi connectivity index (χ1) is 11.3. The third-order valence-electron chi connectivity index (χ3n) is 4.03. The second-order valence-electron chi connectivity index (χ2n) is 5.64. The summed E-state index contributed by atoms with van der Waals surface area (Å²) in [6.45, 7) is 6.13. The predicted molar refractivity (Wildman–Crippen MR) is 91.6 cm³/mol. The molecule has 0 aliphatic heterocycles. The number of para-hydroxylation sites is 1. The summed E-state index contributed by atoms with van der Waals surface area (Å²) in [7, 11) is 0. The van der Waals surface area contributed by atoms with Crippen molar-refractivity contribution < 1.29 is 0 Å². The lowest BCUT2D eigenvalue weighted by Gasteiger charge is -2.18. The second-order valence-corrected chi connectivity index (χ2v) is 5.64. The summed E-state index contributed by atoms with van der Waals surface area (Å²) in [6, 6.07) is 10.6. The molecule has 1 atom stereocenters. The number of aromatic nitrogens is 4. The Morgan fingerprint density at radius 2 is 2.04 bits per heavy atom. The lowest BCUT2D eigenvalue weighted by Crippen LogP contribution is -2.22. The van der Waals surface area contributed by atoms with Gasteiger partial charge in [-0.25, -0.2) is 4.68 Å². The van der Waals surface area contributed by atoms with Gasteiger partial charge in [0.2, 0.25) is 0 Å². The highest BCUT2D eigenvalue weighted by Crippen LogP contribution is 2.20. The number of hydrogen-bond donors (Lipinski definition) is 1. The molecule has 0 amide bonds. The van der Waals surface area contributed by atoms with E-state index < -0.39 is 0 Å². The number of aryl methyl sites for hydroxylation is 1. The third kappa shape index (κ3) is 3.68. The average molecular weight is 309 g/mol. The van der Waals surface area contributed by atoms with E-state index in [1.165, 1.54) is 11.1 Å². The summed E-state index contributed by atoms with van der Waals surface area (Å²) in [4.78, 5) is 0. The Kier molecular flexibility index (Phi) is 4.88. The van der Waals surface area contributed by atoms with E-state index in [1.54, 1.807) is 6.20 Å². The van der Waals surface area contributed by atoms with Crippen LogP contribution in [-0.4, -0.2) is 26.1 Å². The number of benzene rings is 1. The van der Waals surface area contributed by atoms with E-state index in [4.69, 9.17) is 0 Å². The maximum absolute atomic E-state index is 4.35. The van der Waals surface area contributed by atoms with E-state index in [0.29, 0.717) is 0 Å². The Morgan fingerprint density at radius 1 is 1.17 bits per heavy atom. The fourth-order valence-corrected chi connectivity index (χ4v) is 2.73. The van der Waals surface area contributed by atoms with Crippen LogP contribution in [0.15, 0.2) is 55.1 Å². The van der Waals surface area contributed by atoms with Crippen molar-refractivity contribution in [2.75, 3.05) is 6.54 Å². The molecule has 0 radical (unpaired) electrons. The summed E-state index contributed by atoms with van der Waals surface area (Å²) in [6.07, 6.45) is 8.83. The number of nitrogens with zero attached hydrogens (tertiary/aromatic N) is 4. The molecule has 0 saturated carbocycles. The van der Waals surface area contributed by atoms with Gasteiger partial charge in [-0.2, -0.15) is 10.2 Å². The van der Waals surface area contributed by atoms with Crippen molar-refractivity contribution in [2.45, 2.75) is 32.9 Å². The van der Waals surface area contributed by atoms with Gasteiger partial charge in [0.25, 0.3) is 0 Å². The van der Waals surface area contributed by atoms with Crippen LogP contribution in [0.5, 0.6) is 0 Å². The van der Waals surface area contributed by atoms with Gasteiger partial charge in [0.15, 0.2) is 0 Å². The lowest BCUT2D eigenvalue weighted by molar-refractivity contribution is 0.572. The number of hydrogen-bond acceptors (Lipinski definition) is 3. The molecule has 23 heavy (non-hydrogen) atoms. The van der Waals surface area contributed by atoms with E-state index in [0.717, 1.165) is 25.2 Å². The zero-order valence-corrected chi connectivity index (χ0v) is 13.7. The molecule has 3 aromatic rings. The van der Waals surface area contributed by atoms with Crippen molar-refractivity contribution in [1.29, 1.82) is 0 Å². The first kappa shape index (κ1) is 15.5.